The van der Waals surface area contributed by atoms with Crippen LogP contribution in [0.5, 0.6) is 0 Å². The number of nitrogens with zero attached hydrogens (tertiary/aromatic N) is 3. The molecule has 0 aliphatic rings. The minimum absolute atomic E-state index is 0.437. The van der Waals surface area contributed by atoms with Crippen LogP contribution in [0.1, 0.15) is 11.1 Å². The van der Waals surface area contributed by atoms with Crippen molar-refractivity contribution in [1.82, 2.24) is 15.2 Å². The smallest absolute Gasteiger partial charge is 0.249 e. The van der Waals surface area contributed by atoms with E-state index in [1.54, 1.807) is 6.20 Å². The van der Waals surface area contributed by atoms with Crippen molar-refractivity contribution in [2.45, 2.75) is 13.8 Å². The summed E-state index contributed by atoms with van der Waals surface area (Å²) in [5.41, 5.74) is 4.26. The third-order valence-corrected chi connectivity index (χ3v) is 3.69. The highest BCUT2D eigenvalue weighted by Crippen LogP contribution is 2.20. The standard InChI is InChI=1S/C17H16ClN5/c1-11-3-6-15(9-12(11)2)21-17-22-16(10-19-23-17)20-14-7-4-13(18)5-8-14/h3-10H,1-2H3,(H2,20,21,22,23). The van der Waals surface area contributed by atoms with Crippen molar-refractivity contribution in [3.05, 3.63) is 64.8 Å². The molecule has 2 N–H and O–H groups in total. The molecule has 2 aromatic carbocycles. The van der Waals surface area contributed by atoms with E-state index in [1.165, 1.54) is 11.1 Å². The Balaban J connectivity index is 1.76. The maximum absolute atomic E-state index is 5.88. The Morgan fingerprint density at radius 1 is 0.870 bits per heavy atom. The number of hydrogen-bond acceptors (Lipinski definition) is 5. The van der Waals surface area contributed by atoms with E-state index in [1.807, 2.05) is 30.3 Å². The largest absolute Gasteiger partial charge is 0.339 e. The first-order valence-electron chi connectivity index (χ1n) is 7.17. The first-order chi connectivity index (χ1) is 11.1. The Bertz CT molecular complexity index is 817. The van der Waals surface area contributed by atoms with Crippen LogP contribution in [0.25, 0.3) is 0 Å². The van der Waals surface area contributed by atoms with Gasteiger partial charge >= 0.3 is 0 Å². The predicted octanol–water partition coefficient (Wildman–Crippen LogP) is 4.63. The normalized spacial score (nSPS) is 10.4. The van der Waals surface area contributed by atoms with Gasteiger partial charge in [0.15, 0.2) is 5.82 Å². The zero-order valence-corrected chi connectivity index (χ0v) is 13.6. The predicted molar refractivity (Wildman–Crippen MR) is 93.8 cm³/mol. The summed E-state index contributed by atoms with van der Waals surface area (Å²) >= 11 is 5.88. The van der Waals surface area contributed by atoms with Crippen molar-refractivity contribution in [3.63, 3.8) is 0 Å². The van der Waals surface area contributed by atoms with Crippen LogP contribution < -0.4 is 10.6 Å². The quantitative estimate of drug-likeness (QED) is 0.732. The summed E-state index contributed by atoms with van der Waals surface area (Å²) in [6, 6.07) is 13.5. The lowest BCUT2D eigenvalue weighted by atomic mass is 10.1. The SMILES string of the molecule is Cc1ccc(Nc2nncc(Nc3ccc(Cl)cc3)n2)cc1C. The molecule has 23 heavy (non-hydrogen) atoms. The van der Waals surface area contributed by atoms with Crippen LogP contribution in [-0.2, 0) is 0 Å². The van der Waals surface area contributed by atoms with Gasteiger partial charge in [0.25, 0.3) is 0 Å². The summed E-state index contributed by atoms with van der Waals surface area (Å²) in [5.74, 6) is 1.04. The fourth-order valence-corrected chi connectivity index (χ4v) is 2.17. The molecular weight excluding hydrogens is 310 g/mol. The second kappa shape index (κ2) is 6.62. The van der Waals surface area contributed by atoms with Crippen LogP contribution in [0.15, 0.2) is 48.7 Å². The van der Waals surface area contributed by atoms with E-state index in [-0.39, 0.29) is 0 Å². The molecule has 116 valence electrons. The number of aromatic nitrogens is 3. The lowest BCUT2D eigenvalue weighted by Crippen LogP contribution is -2.02. The molecule has 5 nitrogen and oxygen atoms in total. The molecule has 0 radical (unpaired) electrons. The maximum Gasteiger partial charge on any atom is 0.249 e. The van der Waals surface area contributed by atoms with Crippen molar-refractivity contribution in [2.24, 2.45) is 0 Å². The van der Waals surface area contributed by atoms with Crippen molar-refractivity contribution >= 4 is 34.7 Å². The fraction of sp³-hybridized carbons (Fsp3) is 0.118. The highest BCUT2D eigenvalue weighted by Gasteiger charge is 2.03. The molecule has 0 aliphatic carbocycles. The number of rotatable bonds is 4. The van der Waals surface area contributed by atoms with Crippen LogP contribution >= 0.6 is 11.6 Å². The summed E-state index contributed by atoms with van der Waals surface area (Å²) in [6.45, 7) is 4.14. The molecule has 3 rings (SSSR count). The molecule has 6 heteroatoms. The second-order valence-corrected chi connectivity index (χ2v) is 5.66. The van der Waals surface area contributed by atoms with E-state index >= 15 is 0 Å². The Kier molecular flexibility index (Phi) is 4.39. The molecule has 0 atom stereocenters. The second-order valence-electron chi connectivity index (χ2n) is 5.22. The van der Waals surface area contributed by atoms with Crippen molar-refractivity contribution < 1.29 is 0 Å². The van der Waals surface area contributed by atoms with Gasteiger partial charge in [0, 0.05) is 16.4 Å². The molecule has 0 saturated carbocycles. The molecule has 3 aromatic rings. The Hall–Kier alpha value is -2.66. The monoisotopic (exact) mass is 325 g/mol. The lowest BCUT2D eigenvalue weighted by Gasteiger charge is -2.09. The summed E-state index contributed by atoms with van der Waals surface area (Å²) in [5, 5.41) is 15.0. The van der Waals surface area contributed by atoms with Crippen LogP contribution in [0.3, 0.4) is 0 Å². The van der Waals surface area contributed by atoms with E-state index in [2.05, 4.69) is 51.8 Å². The molecular formula is C17H16ClN5. The van der Waals surface area contributed by atoms with Crippen LogP contribution in [0.4, 0.5) is 23.1 Å². The van der Waals surface area contributed by atoms with E-state index in [0.717, 1.165) is 11.4 Å². The van der Waals surface area contributed by atoms with Crippen molar-refractivity contribution in [1.29, 1.82) is 0 Å². The van der Waals surface area contributed by atoms with Crippen molar-refractivity contribution in [3.8, 4) is 0 Å². The average molecular weight is 326 g/mol. The first kappa shape index (κ1) is 15.2. The summed E-state index contributed by atoms with van der Waals surface area (Å²) in [7, 11) is 0. The van der Waals surface area contributed by atoms with Gasteiger partial charge in [0.2, 0.25) is 5.95 Å². The molecule has 1 heterocycles. The van der Waals surface area contributed by atoms with Gasteiger partial charge in [-0.2, -0.15) is 10.1 Å². The molecule has 0 bridgehead atoms. The van der Waals surface area contributed by atoms with Crippen LogP contribution in [0, 0.1) is 13.8 Å². The molecule has 0 spiro atoms. The Morgan fingerprint density at radius 2 is 1.61 bits per heavy atom. The van der Waals surface area contributed by atoms with Gasteiger partial charge in [0.1, 0.15) is 0 Å². The van der Waals surface area contributed by atoms with E-state index < -0.39 is 0 Å². The molecule has 0 amide bonds. The molecule has 0 saturated heterocycles. The maximum atomic E-state index is 5.88. The average Bonchev–Trinajstić information content (AvgIpc) is 2.54. The topological polar surface area (TPSA) is 62.7 Å². The number of benzene rings is 2. The third-order valence-electron chi connectivity index (χ3n) is 3.44. The zero-order chi connectivity index (χ0) is 16.2. The van der Waals surface area contributed by atoms with Gasteiger partial charge in [0.05, 0.1) is 6.20 Å². The lowest BCUT2D eigenvalue weighted by molar-refractivity contribution is 0.982. The highest BCUT2D eigenvalue weighted by molar-refractivity contribution is 6.30. The fourth-order valence-electron chi connectivity index (χ4n) is 2.05. The minimum Gasteiger partial charge on any atom is -0.339 e. The molecule has 0 aliphatic heterocycles. The Morgan fingerprint density at radius 3 is 2.35 bits per heavy atom. The summed E-state index contributed by atoms with van der Waals surface area (Å²) in [4.78, 5) is 4.41. The first-order valence-corrected chi connectivity index (χ1v) is 7.54. The molecule has 1 aromatic heterocycles. The zero-order valence-electron chi connectivity index (χ0n) is 12.8. The molecule has 0 fully saturated rings. The van der Waals surface area contributed by atoms with Gasteiger partial charge in [-0.25, -0.2) is 0 Å². The summed E-state index contributed by atoms with van der Waals surface area (Å²) < 4.78 is 0. The van der Waals surface area contributed by atoms with Crippen molar-refractivity contribution in [2.75, 3.05) is 10.6 Å². The number of halogens is 1. The van der Waals surface area contributed by atoms with Gasteiger partial charge in [-0.1, -0.05) is 17.7 Å². The number of nitrogens with one attached hydrogen (secondary N) is 2. The van der Waals surface area contributed by atoms with E-state index in [4.69, 9.17) is 11.6 Å². The van der Waals surface area contributed by atoms with Gasteiger partial charge in [-0.15, -0.1) is 5.10 Å². The van der Waals surface area contributed by atoms with E-state index in [9.17, 15) is 0 Å². The Labute approximate surface area is 139 Å². The van der Waals surface area contributed by atoms with Gasteiger partial charge < -0.3 is 10.6 Å². The van der Waals surface area contributed by atoms with E-state index in [0.29, 0.717) is 16.8 Å². The highest BCUT2D eigenvalue weighted by atomic mass is 35.5. The summed E-state index contributed by atoms with van der Waals surface area (Å²) in [6.07, 6.45) is 1.57. The number of anilines is 4. The van der Waals surface area contributed by atoms with Crippen LogP contribution in [-0.4, -0.2) is 15.2 Å². The minimum atomic E-state index is 0.437. The third kappa shape index (κ3) is 3.96. The number of hydrogen-bond donors (Lipinski definition) is 2. The van der Waals surface area contributed by atoms with Gasteiger partial charge in [-0.05, 0) is 61.4 Å². The van der Waals surface area contributed by atoms with Crippen LogP contribution in [0.2, 0.25) is 5.02 Å². The van der Waals surface area contributed by atoms with Gasteiger partial charge in [-0.3, -0.25) is 0 Å². The molecule has 0 unspecified atom stereocenters. The number of aryl methyl sites for hydroxylation is 2.